The van der Waals surface area contributed by atoms with E-state index in [9.17, 15) is 4.79 Å². The molecule has 0 unspecified atom stereocenters. The fraction of sp³-hybridized carbons (Fsp3) is 0.588. The zero-order valence-electron chi connectivity index (χ0n) is 12.8. The minimum Gasteiger partial charge on any atom is -0.497 e. The van der Waals surface area contributed by atoms with Gasteiger partial charge in [-0.1, -0.05) is 12.1 Å². The molecular weight excluding hydrogens is 266 g/mol. The van der Waals surface area contributed by atoms with Gasteiger partial charge in [0.25, 0.3) is 0 Å². The molecule has 1 amide bonds. The molecule has 4 nitrogen and oxygen atoms in total. The number of amides is 1. The van der Waals surface area contributed by atoms with Crippen LogP contribution in [-0.2, 0) is 16.0 Å². The number of methoxy groups -OCH3 is 1. The van der Waals surface area contributed by atoms with E-state index in [2.05, 4.69) is 17.4 Å². The number of carbonyl (C=O) groups excluding carboxylic acids is 1. The second-order valence-electron chi connectivity index (χ2n) is 5.57. The molecule has 2 rings (SSSR count). The van der Waals surface area contributed by atoms with Crippen molar-refractivity contribution in [3.63, 3.8) is 0 Å². The molecule has 1 aromatic carbocycles. The summed E-state index contributed by atoms with van der Waals surface area (Å²) < 4.78 is 10.4. The van der Waals surface area contributed by atoms with E-state index in [4.69, 9.17) is 9.47 Å². The van der Waals surface area contributed by atoms with E-state index >= 15 is 0 Å². The van der Waals surface area contributed by atoms with Crippen LogP contribution in [0.1, 0.15) is 31.2 Å². The highest BCUT2D eigenvalue weighted by Crippen LogP contribution is 2.15. The molecule has 0 aliphatic carbocycles. The van der Waals surface area contributed by atoms with Gasteiger partial charge >= 0.3 is 0 Å². The maximum absolute atomic E-state index is 11.7. The summed E-state index contributed by atoms with van der Waals surface area (Å²) in [6, 6.07) is 8.02. The van der Waals surface area contributed by atoms with Gasteiger partial charge < -0.3 is 14.8 Å². The van der Waals surface area contributed by atoms with Crippen molar-refractivity contribution in [3.8, 4) is 5.75 Å². The number of carbonyl (C=O) groups is 1. The summed E-state index contributed by atoms with van der Waals surface area (Å²) in [7, 11) is 1.66. The molecule has 4 heteroatoms. The molecule has 1 atom stereocenters. The van der Waals surface area contributed by atoms with Gasteiger partial charge in [-0.05, 0) is 49.3 Å². The van der Waals surface area contributed by atoms with Crippen molar-refractivity contribution in [2.45, 2.75) is 32.1 Å². The van der Waals surface area contributed by atoms with Crippen LogP contribution < -0.4 is 10.1 Å². The quantitative estimate of drug-likeness (QED) is 0.801. The van der Waals surface area contributed by atoms with E-state index in [1.807, 2.05) is 12.1 Å². The maximum Gasteiger partial charge on any atom is 0.220 e. The smallest absolute Gasteiger partial charge is 0.220 e. The summed E-state index contributed by atoms with van der Waals surface area (Å²) in [5.41, 5.74) is 1.24. The first-order valence-electron chi connectivity index (χ1n) is 7.75. The Balaban J connectivity index is 1.55. The lowest BCUT2D eigenvalue weighted by Gasteiger charge is -2.09. The van der Waals surface area contributed by atoms with Crippen molar-refractivity contribution in [1.82, 2.24) is 5.32 Å². The Morgan fingerprint density at radius 2 is 2.19 bits per heavy atom. The molecule has 0 spiro atoms. The van der Waals surface area contributed by atoms with Crippen molar-refractivity contribution in [2.75, 3.05) is 26.9 Å². The van der Waals surface area contributed by atoms with Gasteiger partial charge in [0.2, 0.25) is 5.91 Å². The normalized spacial score (nSPS) is 17.7. The minimum atomic E-state index is 0.155. The topological polar surface area (TPSA) is 47.6 Å². The summed E-state index contributed by atoms with van der Waals surface area (Å²) in [6.45, 7) is 2.50. The van der Waals surface area contributed by atoms with Gasteiger partial charge in [-0.25, -0.2) is 0 Å². The average molecular weight is 291 g/mol. The highest BCUT2D eigenvalue weighted by atomic mass is 16.5. The predicted molar refractivity (Wildman–Crippen MR) is 82.5 cm³/mol. The average Bonchev–Trinajstić information content (AvgIpc) is 3.01. The van der Waals surface area contributed by atoms with Gasteiger partial charge in [-0.2, -0.15) is 0 Å². The van der Waals surface area contributed by atoms with E-state index < -0.39 is 0 Å². The first kappa shape index (κ1) is 15.8. The zero-order chi connectivity index (χ0) is 14.9. The Morgan fingerprint density at radius 3 is 2.86 bits per heavy atom. The lowest BCUT2D eigenvalue weighted by molar-refractivity contribution is -0.121. The third-order valence-corrected chi connectivity index (χ3v) is 3.93. The molecule has 1 heterocycles. The first-order valence-corrected chi connectivity index (χ1v) is 7.75. The third kappa shape index (κ3) is 5.76. The molecule has 0 radical (unpaired) electrons. The largest absolute Gasteiger partial charge is 0.497 e. The van der Waals surface area contributed by atoms with E-state index in [0.29, 0.717) is 12.3 Å². The predicted octanol–water partition coefficient (Wildman–Crippen LogP) is 2.56. The highest BCUT2D eigenvalue weighted by Gasteiger charge is 2.15. The summed E-state index contributed by atoms with van der Waals surface area (Å²) in [5, 5.41) is 3.00. The summed E-state index contributed by atoms with van der Waals surface area (Å²) in [6.07, 6.45) is 4.56. The van der Waals surface area contributed by atoms with E-state index in [1.54, 1.807) is 7.11 Å². The Morgan fingerprint density at radius 1 is 1.38 bits per heavy atom. The Kier molecular flexibility index (Phi) is 6.54. The molecule has 1 aromatic rings. The van der Waals surface area contributed by atoms with Gasteiger partial charge in [0.15, 0.2) is 0 Å². The molecular formula is C17H25NO3. The SMILES string of the molecule is COc1ccc(CCCC(=O)NCC[C@H]2CCOC2)cc1. The lowest BCUT2D eigenvalue weighted by Crippen LogP contribution is -2.25. The van der Waals surface area contributed by atoms with Crippen molar-refractivity contribution < 1.29 is 14.3 Å². The van der Waals surface area contributed by atoms with Crippen molar-refractivity contribution in [2.24, 2.45) is 5.92 Å². The molecule has 0 saturated carbocycles. The monoisotopic (exact) mass is 291 g/mol. The second kappa shape index (κ2) is 8.67. The van der Waals surface area contributed by atoms with Gasteiger partial charge in [-0.3, -0.25) is 4.79 Å². The molecule has 1 saturated heterocycles. The third-order valence-electron chi connectivity index (χ3n) is 3.93. The molecule has 116 valence electrons. The molecule has 0 bridgehead atoms. The lowest BCUT2D eigenvalue weighted by atomic mass is 10.1. The van der Waals surface area contributed by atoms with Crippen LogP contribution in [0.4, 0.5) is 0 Å². The Hall–Kier alpha value is -1.55. The number of hydrogen-bond donors (Lipinski definition) is 1. The Bertz CT molecular complexity index is 424. The van der Waals surface area contributed by atoms with Gasteiger partial charge in [0, 0.05) is 26.2 Å². The summed E-state index contributed by atoms with van der Waals surface area (Å²) in [4.78, 5) is 11.7. The van der Waals surface area contributed by atoms with Gasteiger partial charge in [0.1, 0.15) is 5.75 Å². The van der Waals surface area contributed by atoms with Crippen LogP contribution in [0.25, 0.3) is 0 Å². The summed E-state index contributed by atoms with van der Waals surface area (Å²) >= 11 is 0. The van der Waals surface area contributed by atoms with Crippen LogP contribution >= 0.6 is 0 Å². The maximum atomic E-state index is 11.7. The molecule has 1 aliphatic rings. The fourth-order valence-electron chi connectivity index (χ4n) is 2.56. The zero-order valence-corrected chi connectivity index (χ0v) is 12.8. The number of hydrogen-bond acceptors (Lipinski definition) is 3. The number of nitrogens with one attached hydrogen (secondary N) is 1. The number of benzene rings is 1. The fourth-order valence-corrected chi connectivity index (χ4v) is 2.56. The van der Waals surface area contributed by atoms with Crippen molar-refractivity contribution in [1.29, 1.82) is 0 Å². The molecule has 1 aliphatic heterocycles. The van der Waals surface area contributed by atoms with Crippen LogP contribution in [-0.4, -0.2) is 32.8 Å². The second-order valence-corrected chi connectivity index (χ2v) is 5.57. The number of rotatable bonds is 8. The van der Waals surface area contributed by atoms with Crippen LogP contribution in [0, 0.1) is 5.92 Å². The molecule has 1 fully saturated rings. The Labute approximate surface area is 126 Å². The van der Waals surface area contributed by atoms with Gasteiger partial charge in [-0.15, -0.1) is 0 Å². The van der Waals surface area contributed by atoms with Crippen LogP contribution in [0.3, 0.4) is 0 Å². The minimum absolute atomic E-state index is 0.155. The van der Waals surface area contributed by atoms with Crippen LogP contribution in [0.5, 0.6) is 5.75 Å². The molecule has 21 heavy (non-hydrogen) atoms. The number of aryl methyl sites for hydroxylation is 1. The van der Waals surface area contributed by atoms with Crippen molar-refractivity contribution in [3.05, 3.63) is 29.8 Å². The van der Waals surface area contributed by atoms with Crippen molar-refractivity contribution >= 4 is 5.91 Å². The standard InChI is InChI=1S/C17H25NO3/c1-20-16-7-5-14(6-8-16)3-2-4-17(19)18-11-9-15-10-12-21-13-15/h5-8,15H,2-4,9-13H2,1H3,(H,18,19)/t15-/m0/s1. The van der Waals surface area contributed by atoms with E-state index in [0.717, 1.165) is 51.2 Å². The van der Waals surface area contributed by atoms with E-state index in [1.165, 1.54) is 5.56 Å². The number of ether oxygens (including phenoxy) is 2. The van der Waals surface area contributed by atoms with Gasteiger partial charge in [0.05, 0.1) is 7.11 Å². The first-order chi connectivity index (χ1) is 10.3. The molecule has 1 N–H and O–H groups in total. The van der Waals surface area contributed by atoms with Crippen LogP contribution in [0.15, 0.2) is 24.3 Å². The molecule has 0 aromatic heterocycles. The summed E-state index contributed by atoms with van der Waals surface area (Å²) in [5.74, 6) is 1.65. The van der Waals surface area contributed by atoms with E-state index in [-0.39, 0.29) is 5.91 Å². The van der Waals surface area contributed by atoms with Crippen LogP contribution in [0.2, 0.25) is 0 Å². The highest BCUT2D eigenvalue weighted by molar-refractivity contribution is 5.75.